The average Bonchev–Trinajstić information content (AvgIpc) is 2.83. The summed E-state index contributed by atoms with van der Waals surface area (Å²) < 4.78 is 14.6. The van der Waals surface area contributed by atoms with Crippen molar-refractivity contribution >= 4 is 23.4 Å². The SMILES string of the molecule is CC(C)CNC(=O)[C@H](Cc1ccccc1)N(Cc1ccccc1F)C(=O)Cc1ccccc1Cl. The van der Waals surface area contributed by atoms with E-state index in [0.717, 1.165) is 5.56 Å². The van der Waals surface area contributed by atoms with Crippen LogP contribution in [0.25, 0.3) is 0 Å². The molecule has 0 unspecified atom stereocenters. The number of hydrogen-bond acceptors (Lipinski definition) is 2. The lowest BCUT2D eigenvalue weighted by Crippen LogP contribution is -2.51. The molecule has 0 radical (unpaired) electrons. The number of rotatable bonds is 10. The fourth-order valence-electron chi connectivity index (χ4n) is 3.69. The summed E-state index contributed by atoms with van der Waals surface area (Å²) in [4.78, 5) is 28.5. The summed E-state index contributed by atoms with van der Waals surface area (Å²) in [6, 6.07) is 22.2. The third-order valence-corrected chi connectivity index (χ3v) is 5.92. The summed E-state index contributed by atoms with van der Waals surface area (Å²) in [5, 5.41) is 3.44. The van der Waals surface area contributed by atoms with Crippen LogP contribution in [0.2, 0.25) is 5.02 Å². The van der Waals surface area contributed by atoms with E-state index in [9.17, 15) is 14.0 Å². The van der Waals surface area contributed by atoms with Gasteiger partial charge in [-0.3, -0.25) is 9.59 Å². The van der Waals surface area contributed by atoms with Crippen LogP contribution in [0.15, 0.2) is 78.9 Å². The second-order valence-electron chi connectivity index (χ2n) is 8.73. The monoisotopic (exact) mass is 480 g/mol. The molecule has 0 bridgehead atoms. The van der Waals surface area contributed by atoms with Gasteiger partial charge in [-0.25, -0.2) is 4.39 Å². The Morgan fingerprint density at radius 3 is 2.18 bits per heavy atom. The number of carbonyl (C=O) groups is 2. The third-order valence-electron chi connectivity index (χ3n) is 5.55. The van der Waals surface area contributed by atoms with E-state index in [4.69, 9.17) is 11.6 Å². The molecule has 1 atom stereocenters. The molecule has 0 aliphatic carbocycles. The Balaban J connectivity index is 1.98. The molecule has 178 valence electrons. The third kappa shape index (κ3) is 7.16. The van der Waals surface area contributed by atoms with E-state index < -0.39 is 11.9 Å². The molecule has 34 heavy (non-hydrogen) atoms. The Hall–Kier alpha value is -3.18. The number of hydrogen-bond donors (Lipinski definition) is 1. The van der Waals surface area contributed by atoms with Crippen molar-refractivity contribution in [3.8, 4) is 0 Å². The minimum atomic E-state index is -0.809. The highest BCUT2D eigenvalue weighted by Gasteiger charge is 2.31. The Kier molecular flexibility index (Phi) is 9.23. The van der Waals surface area contributed by atoms with Crippen LogP contribution in [0, 0.1) is 11.7 Å². The standard InChI is InChI=1S/C28H30ClFN2O2/c1-20(2)18-31-28(34)26(16-21-10-4-3-5-11-21)32(19-23-13-7-9-15-25(23)30)27(33)17-22-12-6-8-14-24(22)29/h3-15,20,26H,16-19H2,1-2H3,(H,31,34)/t26-/m0/s1. The predicted molar refractivity (Wildman–Crippen MR) is 134 cm³/mol. The van der Waals surface area contributed by atoms with E-state index in [2.05, 4.69) is 5.32 Å². The first-order chi connectivity index (χ1) is 16.3. The van der Waals surface area contributed by atoms with Gasteiger partial charge in [0, 0.05) is 30.1 Å². The number of halogens is 2. The quantitative estimate of drug-likeness (QED) is 0.420. The van der Waals surface area contributed by atoms with Crippen LogP contribution in [0.5, 0.6) is 0 Å². The van der Waals surface area contributed by atoms with Crippen molar-refractivity contribution in [2.75, 3.05) is 6.54 Å². The van der Waals surface area contributed by atoms with Crippen molar-refractivity contribution in [1.29, 1.82) is 0 Å². The summed E-state index contributed by atoms with van der Waals surface area (Å²) in [5.74, 6) is -0.724. The molecule has 0 heterocycles. The number of benzene rings is 3. The molecule has 0 spiro atoms. The maximum atomic E-state index is 14.6. The van der Waals surface area contributed by atoms with Crippen LogP contribution in [-0.2, 0) is 29.0 Å². The van der Waals surface area contributed by atoms with E-state index in [1.54, 1.807) is 36.4 Å². The Labute approximate surface area is 205 Å². The van der Waals surface area contributed by atoms with Crippen molar-refractivity contribution in [3.63, 3.8) is 0 Å². The van der Waals surface area contributed by atoms with Gasteiger partial charge in [0.2, 0.25) is 11.8 Å². The molecular formula is C28H30ClFN2O2. The van der Waals surface area contributed by atoms with E-state index >= 15 is 0 Å². The minimum absolute atomic E-state index is 0.0108. The van der Waals surface area contributed by atoms with Crippen LogP contribution in [0.1, 0.15) is 30.5 Å². The molecule has 6 heteroatoms. The normalized spacial score (nSPS) is 11.8. The molecule has 0 aliphatic rings. The molecule has 1 N–H and O–H groups in total. The van der Waals surface area contributed by atoms with Gasteiger partial charge in [0.25, 0.3) is 0 Å². The van der Waals surface area contributed by atoms with Crippen molar-refractivity contribution in [2.24, 2.45) is 5.92 Å². The smallest absolute Gasteiger partial charge is 0.243 e. The van der Waals surface area contributed by atoms with E-state index in [0.29, 0.717) is 29.1 Å². The van der Waals surface area contributed by atoms with E-state index in [-0.39, 0.29) is 30.7 Å². The van der Waals surface area contributed by atoms with Crippen LogP contribution >= 0.6 is 11.6 Å². The molecule has 0 saturated carbocycles. The maximum Gasteiger partial charge on any atom is 0.243 e. The number of amides is 2. The zero-order valence-electron chi connectivity index (χ0n) is 19.5. The Morgan fingerprint density at radius 1 is 0.912 bits per heavy atom. The van der Waals surface area contributed by atoms with Gasteiger partial charge in [0.1, 0.15) is 11.9 Å². The van der Waals surface area contributed by atoms with Crippen molar-refractivity contribution in [2.45, 2.75) is 39.3 Å². The molecule has 0 aromatic heterocycles. The Morgan fingerprint density at radius 2 is 1.53 bits per heavy atom. The second kappa shape index (κ2) is 12.3. The first kappa shape index (κ1) is 25.4. The summed E-state index contributed by atoms with van der Waals surface area (Å²) in [7, 11) is 0. The van der Waals surface area contributed by atoms with Crippen LogP contribution in [-0.4, -0.2) is 29.3 Å². The highest BCUT2D eigenvalue weighted by Crippen LogP contribution is 2.21. The van der Waals surface area contributed by atoms with Gasteiger partial charge in [0.15, 0.2) is 0 Å². The summed E-state index contributed by atoms with van der Waals surface area (Å²) in [5.41, 5.74) is 1.93. The lowest BCUT2D eigenvalue weighted by Gasteiger charge is -2.32. The lowest BCUT2D eigenvalue weighted by molar-refractivity contribution is -0.140. The highest BCUT2D eigenvalue weighted by atomic mass is 35.5. The van der Waals surface area contributed by atoms with Crippen molar-refractivity contribution in [1.82, 2.24) is 10.2 Å². The van der Waals surface area contributed by atoms with Crippen LogP contribution in [0.3, 0.4) is 0 Å². The number of nitrogens with one attached hydrogen (secondary N) is 1. The summed E-state index contributed by atoms with van der Waals surface area (Å²) >= 11 is 6.30. The van der Waals surface area contributed by atoms with Gasteiger partial charge in [-0.05, 0) is 29.2 Å². The van der Waals surface area contributed by atoms with E-state index in [1.807, 2.05) is 50.2 Å². The van der Waals surface area contributed by atoms with Crippen molar-refractivity contribution in [3.05, 3.63) is 106 Å². The summed E-state index contributed by atoms with van der Waals surface area (Å²) in [6.07, 6.45) is 0.324. The fourth-order valence-corrected chi connectivity index (χ4v) is 3.90. The summed E-state index contributed by atoms with van der Waals surface area (Å²) in [6.45, 7) is 4.47. The lowest BCUT2D eigenvalue weighted by atomic mass is 10.0. The Bertz CT molecular complexity index is 1100. The van der Waals surface area contributed by atoms with Gasteiger partial charge in [0.05, 0.1) is 6.42 Å². The predicted octanol–water partition coefficient (Wildman–Crippen LogP) is 5.43. The maximum absolute atomic E-state index is 14.6. The number of carbonyl (C=O) groups excluding carboxylic acids is 2. The van der Waals surface area contributed by atoms with Gasteiger partial charge >= 0.3 is 0 Å². The minimum Gasteiger partial charge on any atom is -0.354 e. The zero-order valence-corrected chi connectivity index (χ0v) is 20.3. The first-order valence-corrected chi connectivity index (χ1v) is 11.8. The van der Waals surface area contributed by atoms with Gasteiger partial charge in [-0.15, -0.1) is 0 Å². The fraction of sp³-hybridized carbons (Fsp3) is 0.286. The average molecular weight is 481 g/mol. The van der Waals surface area contributed by atoms with Gasteiger partial charge in [-0.2, -0.15) is 0 Å². The zero-order chi connectivity index (χ0) is 24.5. The molecule has 4 nitrogen and oxygen atoms in total. The molecule has 2 amide bonds. The largest absolute Gasteiger partial charge is 0.354 e. The van der Waals surface area contributed by atoms with Gasteiger partial charge < -0.3 is 10.2 Å². The van der Waals surface area contributed by atoms with Crippen LogP contribution < -0.4 is 5.32 Å². The second-order valence-corrected chi connectivity index (χ2v) is 9.13. The molecule has 3 aromatic carbocycles. The van der Waals surface area contributed by atoms with Crippen molar-refractivity contribution < 1.29 is 14.0 Å². The molecule has 3 rings (SSSR count). The van der Waals surface area contributed by atoms with Gasteiger partial charge in [-0.1, -0.05) is 92.2 Å². The number of nitrogens with zero attached hydrogens (tertiary/aromatic N) is 1. The topological polar surface area (TPSA) is 49.4 Å². The molecule has 0 saturated heterocycles. The highest BCUT2D eigenvalue weighted by molar-refractivity contribution is 6.31. The van der Waals surface area contributed by atoms with Crippen LogP contribution in [0.4, 0.5) is 4.39 Å². The molecule has 0 fully saturated rings. The first-order valence-electron chi connectivity index (χ1n) is 11.4. The molecule has 3 aromatic rings. The molecular weight excluding hydrogens is 451 g/mol. The van der Waals surface area contributed by atoms with E-state index in [1.165, 1.54) is 11.0 Å². The molecule has 0 aliphatic heterocycles.